The van der Waals surface area contributed by atoms with Gasteiger partial charge in [-0.2, -0.15) is 5.26 Å². The number of nitrogens with two attached hydrogens (primary N) is 1. The third-order valence-electron chi connectivity index (χ3n) is 6.98. The number of nitriles is 1. The van der Waals surface area contributed by atoms with Crippen LogP contribution in [0.3, 0.4) is 0 Å². The second-order valence-electron chi connectivity index (χ2n) is 9.54. The van der Waals surface area contributed by atoms with Gasteiger partial charge < -0.3 is 15.4 Å². The van der Waals surface area contributed by atoms with Crippen molar-refractivity contribution < 1.29 is 9.53 Å². The van der Waals surface area contributed by atoms with Gasteiger partial charge in [0, 0.05) is 13.1 Å². The van der Waals surface area contributed by atoms with Crippen LogP contribution in [0.25, 0.3) is 16.9 Å². The second kappa shape index (κ2) is 9.52. The summed E-state index contributed by atoms with van der Waals surface area (Å²) in [6.45, 7) is 0.780. The Morgan fingerprint density at radius 2 is 1.82 bits per heavy atom. The van der Waals surface area contributed by atoms with Crippen molar-refractivity contribution in [2.45, 2.75) is 31.8 Å². The summed E-state index contributed by atoms with van der Waals surface area (Å²) in [4.78, 5) is 36.8. The predicted molar refractivity (Wildman–Crippen MR) is 141 cm³/mol. The molecule has 6 rings (SSSR count). The van der Waals surface area contributed by atoms with Crippen molar-refractivity contribution in [3.63, 3.8) is 0 Å². The maximum Gasteiger partial charge on any atom is 0.335 e. The van der Waals surface area contributed by atoms with Gasteiger partial charge in [0.05, 0.1) is 11.7 Å². The summed E-state index contributed by atoms with van der Waals surface area (Å²) < 4.78 is 8.89. The maximum atomic E-state index is 13.7. The Labute approximate surface area is 218 Å². The molecule has 1 saturated carbocycles. The minimum Gasteiger partial charge on any atom is -0.457 e. The van der Waals surface area contributed by atoms with Gasteiger partial charge >= 0.3 is 5.69 Å². The van der Waals surface area contributed by atoms with E-state index in [1.54, 1.807) is 35.2 Å². The fourth-order valence-corrected chi connectivity index (χ4v) is 4.71. The molecule has 10 heteroatoms. The largest absolute Gasteiger partial charge is 0.457 e. The number of hydrogen-bond donors (Lipinski definition) is 1. The van der Waals surface area contributed by atoms with Gasteiger partial charge in [-0.25, -0.2) is 14.8 Å². The first-order valence-corrected chi connectivity index (χ1v) is 12.5. The SMILES string of the molecule is N#CC(=CC1CC1)C(=O)N1CCC1Cn1c(=O)n(-c2ccc(Oc3ccccc3)cc2)c2c(N)ncnc21. The van der Waals surface area contributed by atoms with Crippen LogP contribution in [-0.4, -0.2) is 42.5 Å². The van der Waals surface area contributed by atoms with E-state index in [-0.39, 0.29) is 35.6 Å². The van der Waals surface area contributed by atoms with Crippen molar-refractivity contribution in [3.8, 4) is 23.3 Å². The van der Waals surface area contributed by atoms with Gasteiger partial charge in [-0.15, -0.1) is 0 Å². The van der Waals surface area contributed by atoms with Crippen molar-refractivity contribution >= 4 is 22.9 Å². The zero-order valence-electron chi connectivity index (χ0n) is 20.5. The number of hydrogen-bond acceptors (Lipinski definition) is 7. The molecular weight excluding hydrogens is 482 g/mol. The predicted octanol–water partition coefficient (Wildman–Crippen LogP) is 3.42. The number of nitrogens with zero attached hydrogens (tertiary/aromatic N) is 6. The van der Waals surface area contributed by atoms with Crippen molar-refractivity contribution in [1.29, 1.82) is 5.26 Å². The van der Waals surface area contributed by atoms with Crippen LogP contribution >= 0.6 is 0 Å². The lowest BCUT2D eigenvalue weighted by Gasteiger charge is -2.40. The Hall–Kier alpha value is -4.91. The van der Waals surface area contributed by atoms with Gasteiger partial charge in [0.15, 0.2) is 11.5 Å². The van der Waals surface area contributed by atoms with Crippen LogP contribution in [0.15, 0.2) is 77.4 Å². The Balaban J connectivity index is 1.31. The molecule has 10 nitrogen and oxygen atoms in total. The highest BCUT2D eigenvalue weighted by atomic mass is 16.5. The molecular formula is C28H25N7O3. The average Bonchev–Trinajstić information content (AvgIpc) is 3.69. The van der Waals surface area contributed by atoms with Crippen molar-refractivity contribution in [2.24, 2.45) is 5.92 Å². The van der Waals surface area contributed by atoms with Gasteiger partial charge in [-0.05, 0) is 61.6 Å². The molecule has 1 unspecified atom stereocenters. The highest BCUT2D eigenvalue weighted by Crippen LogP contribution is 2.32. The fourth-order valence-electron chi connectivity index (χ4n) is 4.71. The Bertz CT molecular complexity index is 1640. The number of benzene rings is 2. The lowest BCUT2D eigenvalue weighted by Crippen LogP contribution is -2.54. The second-order valence-corrected chi connectivity index (χ2v) is 9.54. The molecule has 0 bridgehead atoms. The van der Waals surface area contributed by atoms with Gasteiger partial charge in [-0.1, -0.05) is 24.3 Å². The summed E-state index contributed by atoms with van der Waals surface area (Å²) in [6.07, 6.45) is 5.84. The summed E-state index contributed by atoms with van der Waals surface area (Å²) in [5, 5.41) is 9.50. The number of allylic oxidation sites excluding steroid dienone is 1. The van der Waals surface area contributed by atoms with E-state index in [2.05, 4.69) is 16.0 Å². The molecule has 1 aliphatic carbocycles. The third-order valence-corrected chi connectivity index (χ3v) is 6.98. The molecule has 4 aromatic rings. The van der Waals surface area contributed by atoms with E-state index in [1.807, 2.05) is 30.3 Å². The number of aromatic nitrogens is 4. The number of rotatable bonds is 7. The summed E-state index contributed by atoms with van der Waals surface area (Å²) in [5.41, 5.74) is 7.43. The smallest absolute Gasteiger partial charge is 0.335 e. The number of ether oxygens (including phenoxy) is 1. The molecule has 2 N–H and O–H groups in total. The van der Waals surface area contributed by atoms with E-state index < -0.39 is 0 Å². The van der Waals surface area contributed by atoms with Gasteiger partial charge in [0.25, 0.3) is 5.91 Å². The number of para-hydroxylation sites is 1. The number of nitrogen functional groups attached to an aromatic ring is 1. The highest BCUT2D eigenvalue weighted by Gasteiger charge is 2.36. The topological polar surface area (TPSA) is 132 Å². The molecule has 2 fully saturated rings. The van der Waals surface area contributed by atoms with E-state index in [1.165, 1.54) is 15.5 Å². The van der Waals surface area contributed by atoms with Crippen LogP contribution in [0.1, 0.15) is 19.3 Å². The molecule has 2 aromatic heterocycles. The van der Waals surface area contributed by atoms with Gasteiger partial charge in [-0.3, -0.25) is 13.9 Å². The molecule has 1 saturated heterocycles. The van der Waals surface area contributed by atoms with Crippen LogP contribution in [-0.2, 0) is 11.3 Å². The van der Waals surface area contributed by atoms with Crippen LogP contribution in [0.4, 0.5) is 5.82 Å². The van der Waals surface area contributed by atoms with Crippen LogP contribution in [0.5, 0.6) is 11.5 Å². The van der Waals surface area contributed by atoms with Crippen LogP contribution in [0.2, 0.25) is 0 Å². The summed E-state index contributed by atoms with van der Waals surface area (Å²) >= 11 is 0. The molecule has 38 heavy (non-hydrogen) atoms. The maximum absolute atomic E-state index is 13.7. The minimum atomic E-state index is -0.336. The zero-order chi connectivity index (χ0) is 26.2. The monoisotopic (exact) mass is 507 g/mol. The number of fused-ring (bicyclic) bond motifs is 1. The van der Waals surface area contributed by atoms with Crippen molar-refractivity contribution in [1.82, 2.24) is 24.0 Å². The number of anilines is 1. The number of amides is 1. The number of carbonyl (C=O) groups is 1. The Kier molecular flexibility index (Phi) is 5.88. The first-order chi connectivity index (χ1) is 18.5. The molecule has 190 valence electrons. The normalized spacial score (nSPS) is 17.2. The van der Waals surface area contributed by atoms with E-state index in [4.69, 9.17) is 10.5 Å². The first-order valence-electron chi connectivity index (χ1n) is 12.5. The van der Waals surface area contributed by atoms with Gasteiger partial charge in [0.2, 0.25) is 0 Å². The van der Waals surface area contributed by atoms with E-state index in [0.717, 1.165) is 19.3 Å². The highest BCUT2D eigenvalue weighted by molar-refractivity contribution is 5.98. The van der Waals surface area contributed by atoms with Crippen LogP contribution < -0.4 is 16.2 Å². The standard InChI is InChI=1S/C28H25N7O3/c29-15-19(14-18-6-7-18)27(36)33-13-12-21(33)16-34-26-24(25(30)31-17-32-26)35(28(34)37)20-8-10-23(11-9-20)38-22-4-2-1-3-5-22/h1-5,8-11,14,17-18,21H,6-7,12-13,16H2,(H2,30,31,32). The molecule has 2 aliphatic rings. The first kappa shape index (κ1) is 23.5. The molecule has 0 radical (unpaired) electrons. The summed E-state index contributed by atoms with van der Waals surface area (Å²) in [6, 6.07) is 18.3. The molecule has 0 spiro atoms. The number of carbonyl (C=O) groups excluding carboxylic acids is 1. The summed E-state index contributed by atoms with van der Waals surface area (Å²) in [7, 11) is 0. The number of imidazole rings is 1. The van der Waals surface area contributed by atoms with Gasteiger partial charge in [0.1, 0.15) is 35.0 Å². The molecule has 1 aliphatic heterocycles. The fraction of sp³-hybridized carbons (Fsp3) is 0.250. The van der Waals surface area contributed by atoms with Crippen molar-refractivity contribution in [3.05, 3.63) is 83.1 Å². The molecule has 2 aromatic carbocycles. The lowest BCUT2D eigenvalue weighted by molar-refractivity contribution is -0.134. The van der Waals surface area contributed by atoms with Crippen LogP contribution in [0, 0.1) is 17.2 Å². The molecule has 1 amide bonds. The Morgan fingerprint density at radius 1 is 1.08 bits per heavy atom. The lowest BCUT2D eigenvalue weighted by atomic mass is 10.0. The molecule has 1 atom stereocenters. The van der Waals surface area contributed by atoms with Crippen molar-refractivity contribution in [2.75, 3.05) is 12.3 Å². The third kappa shape index (κ3) is 4.28. The zero-order valence-corrected chi connectivity index (χ0v) is 20.5. The number of likely N-dealkylation sites (tertiary alicyclic amines) is 1. The average molecular weight is 508 g/mol. The molecule has 3 heterocycles. The Morgan fingerprint density at radius 3 is 2.47 bits per heavy atom. The van der Waals surface area contributed by atoms with E-state index >= 15 is 0 Å². The van der Waals surface area contributed by atoms with E-state index in [0.29, 0.717) is 40.8 Å². The summed E-state index contributed by atoms with van der Waals surface area (Å²) in [5.74, 6) is 1.54. The van der Waals surface area contributed by atoms with E-state index in [9.17, 15) is 14.9 Å². The quantitative estimate of drug-likeness (QED) is 0.299. The minimum absolute atomic E-state index is 0.177.